The summed E-state index contributed by atoms with van der Waals surface area (Å²) < 4.78 is 32.5. The van der Waals surface area contributed by atoms with Gasteiger partial charge in [-0.05, 0) is 30.2 Å². The lowest BCUT2D eigenvalue weighted by atomic mass is 10.1. The van der Waals surface area contributed by atoms with E-state index in [1.165, 1.54) is 23.0 Å². The summed E-state index contributed by atoms with van der Waals surface area (Å²) in [4.78, 5) is 12.7. The normalized spacial score (nSPS) is 15.0. The lowest BCUT2D eigenvalue weighted by molar-refractivity contribution is 0.144. The van der Waals surface area contributed by atoms with Crippen LogP contribution in [0.2, 0.25) is 0 Å². The first-order chi connectivity index (χ1) is 11.7. The van der Waals surface area contributed by atoms with E-state index in [9.17, 15) is 8.78 Å². The Morgan fingerprint density at radius 2 is 2.00 bits per heavy atom. The molecule has 0 saturated heterocycles. The molecule has 0 fully saturated rings. The van der Waals surface area contributed by atoms with Crippen molar-refractivity contribution >= 4 is 11.2 Å². The van der Waals surface area contributed by atoms with Crippen molar-refractivity contribution in [2.75, 3.05) is 13.2 Å². The average Bonchev–Trinajstić information content (AvgIpc) is 3.05. The second-order valence-electron chi connectivity index (χ2n) is 5.32. The molecule has 24 heavy (non-hydrogen) atoms. The molecule has 4 heterocycles. The fraction of sp³-hybridized carbons (Fsp3) is 0.250. The van der Waals surface area contributed by atoms with E-state index in [1.807, 2.05) is 12.1 Å². The molecule has 0 aliphatic carbocycles. The summed E-state index contributed by atoms with van der Waals surface area (Å²) in [6.45, 7) is 1.21. The molecule has 6 nitrogen and oxygen atoms in total. The van der Waals surface area contributed by atoms with Crippen LogP contribution in [0, 0.1) is 0 Å². The van der Waals surface area contributed by atoms with Gasteiger partial charge in [0.1, 0.15) is 17.7 Å². The summed E-state index contributed by atoms with van der Waals surface area (Å²) in [5.41, 5.74) is 3.19. The first-order valence-corrected chi connectivity index (χ1v) is 7.45. The van der Waals surface area contributed by atoms with Crippen molar-refractivity contribution in [2.24, 2.45) is 0 Å². The van der Waals surface area contributed by atoms with Crippen LogP contribution in [0.4, 0.5) is 8.78 Å². The Morgan fingerprint density at radius 3 is 2.79 bits per heavy atom. The molecule has 3 aromatic heterocycles. The minimum absolute atomic E-state index is 0.303. The van der Waals surface area contributed by atoms with E-state index >= 15 is 0 Å². The van der Waals surface area contributed by atoms with E-state index in [4.69, 9.17) is 4.74 Å². The second kappa shape index (κ2) is 6.04. The minimum atomic E-state index is -2.64. The zero-order chi connectivity index (χ0) is 16.5. The first kappa shape index (κ1) is 14.8. The minimum Gasteiger partial charge on any atom is -0.377 e. The second-order valence-corrected chi connectivity index (χ2v) is 5.32. The molecule has 122 valence electrons. The number of imidazole rings is 1. The monoisotopic (exact) mass is 329 g/mol. The SMILES string of the molecule is FC(F)c1ccc2ncc(-c3cc(C4=CCOCC4)ncn3)n2n1. The van der Waals surface area contributed by atoms with Gasteiger partial charge in [-0.1, -0.05) is 6.08 Å². The van der Waals surface area contributed by atoms with Gasteiger partial charge in [-0.25, -0.2) is 28.2 Å². The zero-order valence-corrected chi connectivity index (χ0v) is 12.6. The average molecular weight is 329 g/mol. The molecule has 1 aliphatic rings. The van der Waals surface area contributed by atoms with E-state index in [-0.39, 0.29) is 5.69 Å². The molecule has 0 atom stereocenters. The van der Waals surface area contributed by atoms with Gasteiger partial charge in [0.05, 0.1) is 30.8 Å². The Bertz CT molecular complexity index is 922. The summed E-state index contributed by atoms with van der Waals surface area (Å²) in [6, 6.07) is 4.60. The highest BCUT2D eigenvalue weighted by atomic mass is 19.3. The fourth-order valence-electron chi connectivity index (χ4n) is 2.61. The summed E-state index contributed by atoms with van der Waals surface area (Å²) in [5.74, 6) is 0. The number of hydrogen-bond donors (Lipinski definition) is 0. The third kappa shape index (κ3) is 2.65. The highest BCUT2D eigenvalue weighted by molar-refractivity contribution is 5.68. The molecule has 4 rings (SSSR count). The summed E-state index contributed by atoms with van der Waals surface area (Å²) in [6.07, 6.45) is 3.15. The number of aromatic nitrogens is 5. The van der Waals surface area contributed by atoms with E-state index in [0.717, 1.165) is 17.7 Å². The molecule has 0 spiro atoms. The van der Waals surface area contributed by atoms with Gasteiger partial charge < -0.3 is 4.74 Å². The van der Waals surface area contributed by atoms with Crippen LogP contribution in [0.25, 0.3) is 22.6 Å². The first-order valence-electron chi connectivity index (χ1n) is 7.45. The van der Waals surface area contributed by atoms with Crippen molar-refractivity contribution in [2.45, 2.75) is 12.8 Å². The van der Waals surface area contributed by atoms with Crippen LogP contribution >= 0.6 is 0 Å². The van der Waals surface area contributed by atoms with Crippen molar-refractivity contribution < 1.29 is 13.5 Å². The molecule has 1 aliphatic heterocycles. The van der Waals surface area contributed by atoms with Crippen LogP contribution < -0.4 is 0 Å². The Morgan fingerprint density at radius 1 is 1.12 bits per heavy atom. The van der Waals surface area contributed by atoms with Gasteiger partial charge >= 0.3 is 0 Å². The molecular weight excluding hydrogens is 316 g/mol. The number of halogens is 2. The smallest absolute Gasteiger partial charge is 0.282 e. The van der Waals surface area contributed by atoms with Crippen molar-refractivity contribution in [1.82, 2.24) is 24.6 Å². The molecule has 0 bridgehead atoms. The lowest BCUT2D eigenvalue weighted by Gasteiger charge is -2.13. The van der Waals surface area contributed by atoms with Gasteiger partial charge in [0.25, 0.3) is 6.43 Å². The summed E-state index contributed by atoms with van der Waals surface area (Å²) in [5, 5.41) is 3.96. The molecule has 0 aromatic carbocycles. The van der Waals surface area contributed by atoms with E-state index < -0.39 is 6.43 Å². The van der Waals surface area contributed by atoms with Crippen LogP contribution in [-0.2, 0) is 4.74 Å². The predicted molar refractivity (Wildman–Crippen MR) is 82.4 cm³/mol. The summed E-state index contributed by atoms with van der Waals surface area (Å²) in [7, 11) is 0. The van der Waals surface area contributed by atoms with Crippen LogP contribution in [0.1, 0.15) is 24.2 Å². The topological polar surface area (TPSA) is 65.2 Å². The molecule has 3 aromatic rings. The maximum Gasteiger partial charge on any atom is 0.282 e. The van der Waals surface area contributed by atoms with Crippen molar-refractivity contribution in [3.05, 3.63) is 48.2 Å². The Kier molecular flexibility index (Phi) is 3.73. The highest BCUT2D eigenvalue weighted by Gasteiger charge is 2.15. The van der Waals surface area contributed by atoms with Crippen molar-refractivity contribution in [1.29, 1.82) is 0 Å². The molecule has 0 saturated carbocycles. The van der Waals surface area contributed by atoms with Gasteiger partial charge in [-0.3, -0.25) is 0 Å². The molecule has 0 radical (unpaired) electrons. The largest absolute Gasteiger partial charge is 0.377 e. The number of ether oxygens (including phenoxy) is 1. The number of fused-ring (bicyclic) bond motifs is 1. The Balaban J connectivity index is 1.80. The fourth-order valence-corrected chi connectivity index (χ4v) is 2.61. The molecular formula is C16H13F2N5O. The van der Waals surface area contributed by atoms with E-state index in [2.05, 4.69) is 20.1 Å². The van der Waals surface area contributed by atoms with Crippen LogP contribution in [0.5, 0.6) is 0 Å². The maximum absolute atomic E-state index is 12.9. The number of rotatable bonds is 3. The lowest BCUT2D eigenvalue weighted by Crippen LogP contribution is -2.05. The number of alkyl halides is 2. The Hall–Kier alpha value is -2.74. The van der Waals surface area contributed by atoms with Crippen molar-refractivity contribution in [3.8, 4) is 11.4 Å². The number of hydrogen-bond acceptors (Lipinski definition) is 5. The third-order valence-electron chi connectivity index (χ3n) is 3.83. The maximum atomic E-state index is 12.9. The predicted octanol–water partition coefficient (Wildman–Crippen LogP) is 2.93. The van der Waals surface area contributed by atoms with Crippen molar-refractivity contribution in [3.63, 3.8) is 0 Å². The molecule has 0 N–H and O–H groups in total. The quantitative estimate of drug-likeness (QED) is 0.739. The van der Waals surface area contributed by atoms with Gasteiger partial charge in [-0.15, -0.1) is 0 Å². The Labute approximate surface area is 135 Å². The van der Waals surface area contributed by atoms with Crippen LogP contribution in [-0.4, -0.2) is 37.8 Å². The zero-order valence-electron chi connectivity index (χ0n) is 12.6. The molecule has 0 amide bonds. The van der Waals surface area contributed by atoms with Crippen LogP contribution in [0.3, 0.4) is 0 Å². The van der Waals surface area contributed by atoms with E-state index in [0.29, 0.717) is 30.2 Å². The molecule has 8 heteroatoms. The van der Waals surface area contributed by atoms with Gasteiger partial charge in [0.2, 0.25) is 0 Å². The third-order valence-corrected chi connectivity index (χ3v) is 3.83. The van der Waals surface area contributed by atoms with Crippen LogP contribution in [0.15, 0.2) is 36.8 Å². The number of nitrogens with zero attached hydrogens (tertiary/aromatic N) is 5. The van der Waals surface area contributed by atoms with Gasteiger partial charge in [0.15, 0.2) is 5.65 Å². The van der Waals surface area contributed by atoms with Gasteiger partial charge in [-0.2, -0.15) is 5.10 Å². The van der Waals surface area contributed by atoms with E-state index in [1.54, 1.807) is 6.20 Å². The van der Waals surface area contributed by atoms with Gasteiger partial charge in [0, 0.05) is 0 Å². The molecule has 0 unspecified atom stereocenters. The standard InChI is InChI=1S/C16H13F2N5O/c17-16(18)11-1-2-15-19-8-14(23(15)22-11)13-7-12(20-9-21-13)10-3-5-24-6-4-10/h1-3,7-9,16H,4-6H2. The summed E-state index contributed by atoms with van der Waals surface area (Å²) >= 11 is 0. The highest BCUT2D eigenvalue weighted by Crippen LogP contribution is 2.25.